The number of hydrogen-bond donors (Lipinski definition) is 1. The van der Waals surface area contributed by atoms with Crippen LogP contribution < -0.4 is 10.3 Å². The molecule has 0 saturated carbocycles. The first-order valence-electron chi connectivity index (χ1n) is 9.97. The first kappa shape index (κ1) is 21.6. The van der Waals surface area contributed by atoms with E-state index in [4.69, 9.17) is 16.3 Å². The lowest BCUT2D eigenvalue weighted by molar-refractivity contribution is 0.415. The third-order valence-corrected chi connectivity index (χ3v) is 5.38. The van der Waals surface area contributed by atoms with Gasteiger partial charge < -0.3 is 4.74 Å². The molecular weight excluding hydrogens is 429 g/mol. The molecule has 0 radical (unpaired) electrons. The van der Waals surface area contributed by atoms with Gasteiger partial charge >= 0.3 is 0 Å². The number of nitrogens with zero attached hydrogens (tertiary/aromatic N) is 2. The van der Waals surface area contributed by atoms with Crippen molar-refractivity contribution in [1.82, 2.24) is 9.78 Å². The summed E-state index contributed by atoms with van der Waals surface area (Å²) in [6, 6.07) is 20.5. The zero-order valence-electron chi connectivity index (χ0n) is 17.6. The monoisotopic (exact) mass is 449 g/mol. The van der Waals surface area contributed by atoms with E-state index >= 15 is 0 Å². The van der Waals surface area contributed by atoms with E-state index < -0.39 is 0 Å². The van der Waals surface area contributed by atoms with Crippen molar-refractivity contribution in [2.45, 2.75) is 13.5 Å². The SMILES string of the molecule is COc1ccc(-c2[nH]n(-c3ccc(F)cc3)c(=O)c2C(C)=NCc2ccc(Cl)cc2)cc1. The molecule has 0 amide bonds. The molecule has 0 atom stereocenters. The van der Waals surface area contributed by atoms with Crippen LogP contribution in [0.15, 0.2) is 82.6 Å². The van der Waals surface area contributed by atoms with Crippen LogP contribution in [0.3, 0.4) is 0 Å². The van der Waals surface area contributed by atoms with Crippen molar-refractivity contribution in [1.29, 1.82) is 0 Å². The molecule has 3 aromatic carbocycles. The highest BCUT2D eigenvalue weighted by atomic mass is 35.5. The van der Waals surface area contributed by atoms with Crippen molar-refractivity contribution in [3.8, 4) is 22.7 Å². The van der Waals surface area contributed by atoms with Gasteiger partial charge in [0, 0.05) is 16.3 Å². The molecule has 7 heteroatoms. The Balaban J connectivity index is 1.80. The van der Waals surface area contributed by atoms with Gasteiger partial charge in [0.2, 0.25) is 0 Å². The van der Waals surface area contributed by atoms with Crippen molar-refractivity contribution >= 4 is 17.3 Å². The number of rotatable bonds is 6. The average molecular weight is 450 g/mol. The van der Waals surface area contributed by atoms with E-state index in [0.29, 0.717) is 40.0 Å². The molecule has 0 fully saturated rings. The molecular formula is C25H21ClFN3O2. The predicted molar refractivity (Wildman–Crippen MR) is 126 cm³/mol. The zero-order chi connectivity index (χ0) is 22.7. The summed E-state index contributed by atoms with van der Waals surface area (Å²) in [7, 11) is 1.60. The number of nitrogens with one attached hydrogen (secondary N) is 1. The summed E-state index contributed by atoms with van der Waals surface area (Å²) >= 11 is 5.96. The average Bonchev–Trinajstić information content (AvgIpc) is 3.16. The highest BCUT2D eigenvalue weighted by Crippen LogP contribution is 2.24. The van der Waals surface area contributed by atoms with Gasteiger partial charge in [-0.15, -0.1) is 0 Å². The van der Waals surface area contributed by atoms with E-state index in [2.05, 4.69) is 10.1 Å². The quantitative estimate of drug-likeness (QED) is 0.387. The lowest BCUT2D eigenvalue weighted by Gasteiger charge is -2.05. The third kappa shape index (κ3) is 4.50. The van der Waals surface area contributed by atoms with E-state index in [0.717, 1.165) is 11.1 Å². The summed E-state index contributed by atoms with van der Waals surface area (Å²) in [4.78, 5) is 18.0. The van der Waals surface area contributed by atoms with Crippen LogP contribution in [0.25, 0.3) is 16.9 Å². The maximum atomic E-state index is 13.4. The van der Waals surface area contributed by atoms with Gasteiger partial charge in [0.25, 0.3) is 5.56 Å². The minimum Gasteiger partial charge on any atom is -0.497 e. The molecule has 0 spiro atoms. The second-order valence-corrected chi connectivity index (χ2v) is 7.67. The smallest absolute Gasteiger partial charge is 0.280 e. The summed E-state index contributed by atoms with van der Waals surface area (Å²) in [6.07, 6.45) is 0. The number of benzene rings is 3. The first-order valence-corrected chi connectivity index (χ1v) is 10.4. The second kappa shape index (κ2) is 9.24. The number of hydrogen-bond acceptors (Lipinski definition) is 3. The number of aromatic nitrogens is 2. The van der Waals surface area contributed by atoms with Crippen molar-refractivity contribution in [3.05, 3.63) is 105 Å². The van der Waals surface area contributed by atoms with Gasteiger partial charge in [-0.25, -0.2) is 9.07 Å². The summed E-state index contributed by atoms with van der Waals surface area (Å²) in [6.45, 7) is 2.22. The summed E-state index contributed by atoms with van der Waals surface area (Å²) < 4.78 is 20.0. The molecule has 0 aliphatic carbocycles. The molecule has 0 aliphatic heterocycles. The van der Waals surface area contributed by atoms with E-state index in [1.807, 2.05) is 55.5 Å². The molecule has 1 N–H and O–H groups in total. The van der Waals surface area contributed by atoms with Gasteiger partial charge in [-0.05, 0) is 73.2 Å². The van der Waals surface area contributed by atoms with E-state index in [1.54, 1.807) is 19.2 Å². The molecule has 0 unspecified atom stereocenters. The number of aromatic amines is 1. The van der Waals surface area contributed by atoms with Crippen LogP contribution in [0.4, 0.5) is 4.39 Å². The van der Waals surface area contributed by atoms with Crippen molar-refractivity contribution in [2.24, 2.45) is 4.99 Å². The fraction of sp³-hybridized carbons (Fsp3) is 0.120. The summed E-state index contributed by atoms with van der Waals surface area (Å²) in [5.41, 5.74) is 3.72. The number of ether oxygens (including phenoxy) is 1. The number of methoxy groups -OCH3 is 1. The van der Waals surface area contributed by atoms with Gasteiger partial charge in [-0.2, -0.15) is 0 Å². The van der Waals surface area contributed by atoms with E-state index in [1.165, 1.54) is 16.8 Å². The molecule has 4 rings (SSSR count). The Morgan fingerprint density at radius 1 is 1.03 bits per heavy atom. The topological polar surface area (TPSA) is 59.4 Å². The zero-order valence-corrected chi connectivity index (χ0v) is 18.4. The molecule has 5 nitrogen and oxygen atoms in total. The highest BCUT2D eigenvalue weighted by Gasteiger charge is 2.19. The fourth-order valence-electron chi connectivity index (χ4n) is 3.39. The van der Waals surface area contributed by atoms with Crippen LogP contribution in [0.2, 0.25) is 5.02 Å². The fourth-order valence-corrected chi connectivity index (χ4v) is 3.52. The Labute approximate surface area is 189 Å². The molecule has 1 heterocycles. The predicted octanol–water partition coefficient (Wildman–Crippen LogP) is 5.64. The molecule has 0 bridgehead atoms. The van der Waals surface area contributed by atoms with Crippen LogP contribution in [0, 0.1) is 5.82 Å². The Bertz CT molecular complexity index is 1310. The third-order valence-electron chi connectivity index (χ3n) is 5.13. The number of H-pyrrole nitrogens is 1. The maximum Gasteiger partial charge on any atom is 0.280 e. The Kier molecular flexibility index (Phi) is 6.23. The van der Waals surface area contributed by atoms with Gasteiger partial charge in [0.05, 0.1) is 30.6 Å². The van der Waals surface area contributed by atoms with Crippen LogP contribution >= 0.6 is 11.6 Å². The standard InChI is InChI=1S/C25H21ClFN3O2/c1-16(28-15-17-3-7-19(26)8-4-17)23-24(18-5-13-22(32-2)14-6-18)29-30(25(23)31)21-11-9-20(27)10-12-21/h3-14,29H,15H2,1-2H3. The lowest BCUT2D eigenvalue weighted by atomic mass is 10.0. The van der Waals surface area contributed by atoms with E-state index in [9.17, 15) is 9.18 Å². The van der Waals surface area contributed by atoms with Crippen LogP contribution in [0.1, 0.15) is 18.1 Å². The van der Waals surface area contributed by atoms with Gasteiger partial charge in [0.1, 0.15) is 11.6 Å². The molecule has 4 aromatic rings. The van der Waals surface area contributed by atoms with E-state index in [-0.39, 0.29) is 11.4 Å². The van der Waals surface area contributed by atoms with Crippen molar-refractivity contribution in [2.75, 3.05) is 7.11 Å². The highest BCUT2D eigenvalue weighted by molar-refractivity contribution is 6.30. The molecule has 1 aromatic heterocycles. The minimum absolute atomic E-state index is 0.264. The van der Waals surface area contributed by atoms with Gasteiger partial charge in [-0.1, -0.05) is 23.7 Å². The first-order chi connectivity index (χ1) is 15.5. The maximum absolute atomic E-state index is 13.4. The normalized spacial score (nSPS) is 11.6. The molecule has 0 aliphatic rings. The van der Waals surface area contributed by atoms with Crippen molar-refractivity contribution < 1.29 is 9.13 Å². The molecule has 0 saturated heterocycles. The largest absolute Gasteiger partial charge is 0.497 e. The van der Waals surface area contributed by atoms with Crippen LogP contribution in [-0.4, -0.2) is 22.6 Å². The Hall–Kier alpha value is -3.64. The number of aliphatic imine (C=N–C) groups is 1. The van der Waals surface area contributed by atoms with Crippen molar-refractivity contribution in [3.63, 3.8) is 0 Å². The Morgan fingerprint density at radius 2 is 1.69 bits per heavy atom. The molecule has 162 valence electrons. The van der Waals surface area contributed by atoms with Crippen LogP contribution in [0.5, 0.6) is 5.75 Å². The Morgan fingerprint density at radius 3 is 2.31 bits per heavy atom. The van der Waals surface area contributed by atoms with Crippen LogP contribution in [-0.2, 0) is 6.54 Å². The van der Waals surface area contributed by atoms with Gasteiger partial charge in [-0.3, -0.25) is 14.9 Å². The minimum atomic E-state index is -0.371. The molecule has 32 heavy (non-hydrogen) atoms. The summed E-state index contributed by atoms with van der Waals surface area (Å²) in [5.74, 6) is 0.341. The second-order valence-electron chi connectivity index (χ2n) is 7.24. The van der Waals surface area contributed by atoms with Gasteiger partial charge in [0.15, 0.2) is 0 Å². The lowest BCUT2D eigenvalue weighted by Crippen LogP contribution is -2.19. The number of halogens is 2. The summed E-state index contributed by atoms with van der Waals surface area (Å²) in [5, 5.41) is 3.83.